The maximum absolute atomic E-state index is 5.89. The number of rotatable bonds is 4. The van der Waals surface area contributed by atoms with Crippen LogP contribution in [0.25, 0.3) is 11.1 Å². The molecule has 0 amide bonds. The SMILES string of the molecule is CCOc1ccc(Oc2nc3ccc(Cl)cc3o2)cc1. The van der Waals surface area contributed by atoms with Gasteiger partial charge in [0, 0.05) is 11.1 Å². The van der Waals surface area contributed by atoms with E-state index in [9.17, 15) is 0 Å². The lowest BCUT2D eigenvalue weighted by Gasteiger charge is -2.04. The predicted molar refractivity (Wildman–Crippen MR) is 76.7 cm³/mol. The number of nitrogens with zero attached hydrogens (tertiary/aromatic N) is 1. The topological polar surface area (TPSA) is 44.5 Å². The van der Waals surface area contributed by atoms with Gasteiger partial charge >= 0.3 is 6.08 Å². The van der Waals surface area contributed by atoms with E-state index in [1.165, 1.54) is 0 Å². The van der Waals surface area contributed by atoms with Crippen molar-refractivity contribution in [2.45, 2.75) is 6.92 Å². The van der Waals surface area contributed by atoms with Crippen LogP contribution in [0.4, 0.5) is 0 Å². The van der Waals surface area contributed by atoms with Crippen molar-refractivity contribution in [3.63, 3.8) is 0 Å². The smallest absolute Gasteiger partial charge is 0.400 e. The molecular weight excluding hydrogens is 278 g/mol. The first-order chi connectivity index (χ1) is 9.74. The average molecular weight is 290 g/mol. The van der Waals surface area contributed by atoms with Crippen molar-refractivity contribution in [2.24, 2.45) is 0 Å². The third-order valence-electron chi connectivity index (χ3n) is 2.67. The first-order valence-electron chi connectivity index (χ1n) is 6.21. The van der Waals surface area contributed by atoms with Gasteiger partial charge < -0.3 is 13.9 Å². The Bertz CT molecular complexity index is 722. The van der Waals surface area contributed by atoms with E-state index in [1.807, 2.05) is 19.1 Å². The summed E-state index contributed by atoms with van der Waals surface area (Å²) in [5, 5.41) is 0.598. The summed E-state index contributed by atoms with van der Waals surface area (Å²) in [6.45, 7) is 2.57. The Morgan fingerprint density at radius 1 is 1.10 bits per heavy atom. The summed E-state index contributed by atoms with van der Waals surface area (Å²) < 4.78 is 16.4. The Morgan fingerprint density at radius 3 is 2.60 bits per heavy atom. The van der Waals surface area contributed by atoms with Gasteiger partial charge in [0.1, 0.15) is 17.0 Å². The number of hydrogen-bond donors (Lipinski definition) is 0. The maximum atomic E-state index is 5.89. The molecule has 0 fully saturated rings. The highest BCUT2D eigenvalue weighted by molar-refractivity contribution is 6.31. The number of benzene rings is 2. The predicted octanol–water partition coefficient (Wildman–Crippen LogP) is 4.67. The monoisotopic (exact) mass is 289 g/mol. The molecule has 102 valence electrons. The lowest BCUT2D eigenvalue weighted by Crippen LogP contribution is -1.91. The third-order valence-corrected chi connectivity index (χ3v) is 2.91. The molecule has 4 nitrogen and oxygen atoms in total. The number of aromatic nitrogens is 1. The Kier molecular flexibility index (Phi) is 3.48. The van der Waals surface area contributed by atoms with Crippen molar-refractivity contribution in [3.05, 3.63) is 47.5 Å². The molecule has 0 saturated carbocycles. The van der Waals surface area contributed by atoms with Crippen LogP contribution in [0.2, 0.25) is 5.02 Å². The zero-order chi connectivity index (χ0) is 13.9. The van der Waals surface area contributed by atoms with Gasteiger partial charge in [0.05, 0.1) is 6.61 Å². The fourth-order valence-corrected chi connectivity index (χ4v) is 1.95. The molecule has 20 heavy (non-hydrogen) atoms. The quantitative estimate of drug-likeness (QED) is 0.700. The van der Waals surface area contributed by atoms with Gasteiger partial charge in [-0.05, 0) is 43.3 Å². The molecule has 0 aliphatic carbocycles. The van der Waals surface area contributed by atoms with Crippen LogP contribution < -0.4 is 9.47 Å². The van der Waals surface area contributed by atoms with Crippen molar-refractivity contribution in [2.75, 3.05) is 6.61 Å². The van der Waals surface area contributed by atoms with E-state index in [-0.39, 0.29) is 6.08 Å². The largest absolute Gasteiger partial charge is 0.494 e. The second-order valence-electron chi connectivity index (χ2n) is 4.10. The van der Waals surface area contributed by atoms with E-state index in [0.717, 1.165) is 5.75 Å². The zero-order valence-corrected chi connectivity index (χ0v) is 11.6. The second kappa shape index (κ2) is 5.43. The number of halogens is 1. The Morgan fingerprint density at radius 2 is 1.85 bits per heavy atom. The van der Waals surface area contributed by atoms with Crippen molar-refractivity contribution in [3.8, 4) is 17.6 Å². The van der Waals surface area contributed by atoms with Gasteiger partial charge in [-0.15, -0.1) is 0 Å². The molecule has 5 heteroatoms. The van der Waals surface area contributed by atoms with Gasteiger partial charge in [0.15, 0.2) is 5.58 Å². The van der Waals surface area contributed by atoms with Crippen LogP contribution in [0.5, 0.6) is 17.6 Å². The van der Waals surface area contributed by atoms with Crippen molar-refractivity contribution < 1.29 is 13.9 Å². The highest BCUT2D eigenvalue weighted by Crippen LogP contribution is 2.28. The summed E-state index contributed by atoms with van der Waals surface area (Å²) in [7, 11) is 0. The van der Waals surface area contributed by atoms with E-state index in [2.05, 4.69) is 4.98 Å². The van der Waals surface area contributed by atoms with Crippen molar-refractivity contribution in [1.82, 2.24) is 4.98 Å². The first-order valence-corrected chi connectivity index (χ1v) is 6.59. The van der Waals surface area contributed by atoms with Crippen LogP contribution in [0.15, 0.2) is 46.9 Å². The van der Waals surface area contributed by atoms with Crippen LogP contribution in [-0.2, 0) is 0 Å². The van der Waals surface area contributed by atoms with Crippen LogP contribution in [0.3, 0.4) is 0 Å². The first kappa shape index (κ1) is 12.8. The van der Waals surface area contributed by atoms with E-state index in [0.29, 0.717) is 28.5 Å². The minimum atomic E-state index is 0.187. The summed E-state index contributed by atoms with van der Waals surface area (Å²) >= 11 is 5.89. The lowest BCUT2D eigenvalue weighted by atomic mass is 10.3. The molecule has 0 atom stereocenters. The lowest BCUT2D eigenvalue weighted by molar-refractivity contribution is 0.333. The van der Waals surface area contributed by atoms with Gasteiger partial charge in [-0.3, -0.25) is 0 Å². The summed E-state index contributed by atoms with van der Waals surface area (Å²) in [5.74, 6) is 1.43. The summed E-state index contributed by atoms with van der Waals surface area (Å²) in [6.07, 6.45) is 0.187. The molecule has 0 unspecified atom stereocenters. The fourth-order valence-electron chi connectivity index (χ4n) is 1.79. The van der Waals surface area contributed by atoms with E-state index in [4.69, 9.17) is 25.5 Å². The van der Waals surface area contributed by atoms with Gasteiger partial charge in [-0.2, -0.15) is 4.98 Å². The molecule has 1 aromatic heterocycles. The van der Waals surface area contributed by atoms with Crippen LogP contribution >= 0.6 is 11.6 Å². The molecule has 0 aliphatic heterocycles. The average Bonchev–Trinajstić information content (AvgIpc) is 2.82. The standard InChI is InChI=1S/C15H12ClNO3/c1-2-18-11-4-6-12(7-5-11)19-15-17-13-8-3-10(16)9-14(13)20-15/h3-9H,2H2,1H3. The van der Waals surface area contributed by atoms with E-state index in [1.54, 1.807) is 30.3 Å². The van der Waals surface area contributed by atoms with E-state index >= 15 is 0 Å². The van der Waals surface area contributed by atoms with Crippen molar-refractivity contribution in [1.29, 1.82) is 0 Å². The number of oxazole rings is 1. The molecule has 0 radical (unpaired) electrons. The Labute approximate surface area is 120 Å². The van der Waals surface area contributed by atoms with E-state index < -0.39 is 0 Å². The molecule has 0 bridgehead atoms. The van der Waals surface area contributed by atoms with Crippen LogP contribution in [0.1, 0.15) is 6.92 Å². The molecule has 0 saturated heterocycles. The molecule has 0 N–H and O–H groups in total. The summed E-state index contributed by atoms with van der Waals surface area (Å²) in [6, 6.07) is 12.5. The maximum Gasteiger partial charge on any atom is 0.400 e. The molecule has 1 heterocycles. The summed E-state index contributed by atoms with van der Waals surface area (Å²) in [5.41, 5.74) is 1.30. The highest BCUT2D eigenvalue weighted by atomic mass is 35.5. The molecule has 2 aromatic carbocycles. The highest BCUT2D eigenvalue weighted by Gasteiger charge is 2.08. The fraction of sp³-hybridized carbons (Fsp3) is 0.133. The number of fused-ring (bicyclic) bond motifs is 1. The van der Waals surface area contributed by atoms with Crippen molar-refractivity contribution >= 4 is 22.7 Å². The minimum Gasteiger partial charge on any atom is -0.494 e. The van der Waals surface area contributed by atoms with Crippen LogP contribution in [-0.4, -0.2) is 11.6 Å². The van der Waals surface area contributed by atoms with Gasteiger partial charge in [0.25, 0.3) is 0 Å². The summed E-state index contributed by atoms with van der Waals surface area (Å²) in [4.78, 5) is 4.23. The normalized spacial score (nSPS) is 10.7. The van der Waals surface area contributed by atoms with Gasteiger partial charge in [-0.25, -0.2) is 0 Å². The third kappa shape index (κ3) is 2.70. The molecule has 3 rings (SSSR count). The minimum absolute atomic E-state index is 0.187. The molecule has 0 aliphatic rings. The second-order valence-corrected chi connectivity index (χ2v) is 4.53. The molecule has 0 spiro atoms. The number of hydrogen-bond acceptors (Lipinski definition) is 4. The van der Waals surface area contributed by atoms with Gasteiger partial charge in [0.2, 0.25) is 0 Å². The number of ether oxygens (including phenoxy) is 2. The molecular formula is C15H12ClNO3. The Balaban J connectivity index is 1.81. The van der Waals surface area contributed by atoms with Crippen LogP contribution in [0, 0.1) is 0 Å². The Hall–Kier alpha value is -2.20. The molecule has 3 aromatic rings. The zero-order valence-electron chi connectivity index (χ0n) is 10.8. The van der Waals surface area contributed by atoms with Gasteiger partial charge in [-0.1, -0.05) is 11.6 Å².